The summed E-state index contributed by atoms with van der Waals surface area (Å²) in [6, 6.07) is 12.3. The number of esters is 1. The van der Waals surface area contributed by atoms with Crippen molar-refractivity contribution in [2.75, 3.05) is 0 Å². The van der Waals surface area contributed by atoms with Gasteiger partial charge in [-0.05, 0) is 41.8 Å². The minimum atomic E-state index is -0.348. The molecule has 0 unspecified atom stereocenters. The molecule has 0 radical (unpaired) electrons. The third-order valence-electron chi connectivity index (χ3n) is 2.88. The lowest BCUT2D eigenvalue weighted by Gasteiger charge is -2.07. The van der Waals surface area contributed by atoms with Crippen molar-refractivity contribution in [2.24, 2.45) is 0 Å². The van der Waals surface area contributed by atoms with E-state index in [-0.39, 0.29) is 12.6 Å². The molecule has 0 amide bonds. The van der Waals surface area contributed by atoms with E-state index in [9.17, 15) is 4.79 Å². The normalized spacial score (nSPS) is 10.3. The third-order valence-corrected chi connectivity index (χ3v) is 2.88. The van der Waals surface area contributed by atoms with Gasteiger partial charge in [0, 0.05) is 5.57 Å². The fourth-order valence-electron chi connectivity index (χ4n) is 1.86. The highest BCUT2D eigenvalue weighted by Gasteiger charge is 2.04. The second kappa shape index (κ2) is 5.05. The molecule has 92 valence electrons. The Hall–Kier alpha value is -2.09. The first-order valence-corrected chi connectivity index (χ1v) is 5.89. The van der Waals surface area contributed by atoms with Crippen LogP contribution in [-0.4, -0.2) is 5.97 Å². The van der Waals surface area contributed by atoms with E-state index in [1.807, 2.05) is 18.2 Å². The number of ether oxygens (including phenoxy) is 1. The summed E-state index contributed by atoms with van der Waals surface area (Å²) in [5, 5.41) is 2.39. The molecule has 0 saturated carbocycles. The molecule has 0 heterocycles. The zero-order chi connectivity index (χ0) is 13.1. The fourth-order valence-corrected chi connectivity index (χ4v) is 1.86. The standard InChI is InChI=1S/C16H16O2/c1-11(2)16(17)18-10-13-7-8-15-12(3)5-4-6-14(15)9-13/h4-9H,1,10H2,2-3H3. The van der Waals surface area contributed by atoms with Gasteiger partial charge in [-0.3, -0.25) is 0 Å². The van der Waals surface area contributed by atoms with Crippen LogP contribution in [0, 0.1) is 6.92 Å². The number of fused-ring (bicyclic) bond motifs is 1. The molecule has 0 aliphatic carbocycles. The number of aryl methyl sites for hydroxylation is 1. The highest BCUT2D eigenvalue weighted by molar-refractivity contribution is 5.87. The second-order valence-corrected chi connectivity index (χ2v) is 4.49. The average Bonchev–Trinajstić information content (AvgIpc) is 2.36. The van der Waals surface area contributed by atoms with Crippen LogP contribution in [-0.2, 0) is 16.1 Å². The number of rotatable bonds is 3. The Labute approximate surface area is 107 Å². The molecule has 0 aliphatic heterocycles. The highest BCUT2D eigenvalue weighted by atomic mass is 16.5. The molecule has 2 aromatic rings. The first-order valence-electron chi connectivity index (χ1n) is 5.89. The largest absolute Gasteiger partial charge is 0.457 e. The zero-order valence-electron chi connectivity index (χ0n) is 10.7. The molecule has 0 fully saturated rings. The van der Waals surface area contributed by atoms with Gasteiger partial charge in [-0.15, -0.1) is 0 Å². The van der Waals surface area contributed by atoms with Crippen molar-refractivity contribution in [2.45, 2.75) is 20.5 Å². The van der Waals surface area contributed by atoms with Crippen LogP contribution in [0.3, 0.4) is 0 Å². The smallest absolute Gasteiger partial charge is 0.333 e. The SMILES string of the molecule is C=C(C)C(=O)OCc1ccc2c(C)cccc2c1. The van der Waals surface area contributed by atoms with Crippen LogP contribution in [0.1, 0.15) is 18.1 Å². The molecule has 2 aromatic carbocycles. The van der Waals surface area contributed by atoms with Gasteiger partial charge in [0.25, 0.3) is 0 Å². The monoisotopic (exact) mass is 240 g/mol. The number of hydrogen-bond acceptors (Lipinski definition) is 2. The molecule has 0 aliphatic rings. The van der Waals surface area contributed by atoms with Crippen molar-refractivity contribution in [3.05, 3.63) is 59.7 Å². The van der Waals surface area contributed by atoms with Crippen molar-refractivity contribution in [3.63, 3.8) is 0 Å². The molecule has 2 nitrogen and oxygen atoms in total. The van der Waals surface area contributed by atoms with E-state index in [2.05, 4.69) is 31.7 Å². The first-order chi connectivity index (χ1) is 8.58. The molecule has 0 N–H and O–H groups in total. The Morgan fingerprint density at radius 1 is 1.28 bits per heavy atom. The van der Waals surface area contributed by atoms with Gasteiger partial charge in [0.15, 0.2) is 0 Å². The Balaban J connectivity index is 2.21. The Morgan fingerprint density at radius 3 is 2.78 bits per heavy atom. The molecular formula is C16H16O2. The van der Waals surface area contributed by atoms with Gasteiger partial charge >= 0.3 is 5.97 Å². The number of hydrogen-bond donors (Lipinski definition) is 0. The summed E-state index contributed by atoms with van der Waals surface area (Å²) < 4.78 is 5.13. The van der Waals surface area contributed by atoms with Crippen LogP contribution in [0.4, 0.5) is 0 Å². The Morgan fingerprint density at radius 2 is 2.06 bits per heavy atom. The highest BCUT2D eigenvalue weighted by Crippen LogP contribution is 2.20. The molecule has 0 spiro atoms. The third kappa shape index (κ3) is 2.59. The summed E-state index contributed by atoms with van der Waals surface area (Å²) in [5.41, 5.74) is 2.66. The predicted molar refractivity (Wildman–Crippen MR) is 73.3 cm³/mol. The van der Waals surface area contributed by atoms with E-state index >= 15 is 0 Å². The summed E-state index contributed by atoms with van der Waals surface area (Å²) in [5.74, 6) is -0.348. The summed E-state index contributed by atoms with van der Waals surface area (Å²) in [4.78, 5) is 11.3. The van der Waals surface area contributed by atoms with Gasteiger partial charge in [-0.25, -0.2) is 4.79 Å². The van der Waals surface area contributed by atoms with Gasteiger partial charge in [-0.2, -0.15) is 0 Å². The van der Waals surface area contributed by atoms with Crippen molar-refractivity contribution in [1.82, 2.24) is 0 Å². The number of carbonyl (C=O) groups is 1. The lowest BCUT2D eigenvalue weighted by molar-refractivity contribution is -0.140. The van der Waals surface area contributed by atoms with Gasteiger partial charge in [0.1, 0.15) is 6.61 Å². The summed E-state index contributed by atoms with van der Waals surface area (Å²) in [7, 11) is 0. The van der Waals surface area contributed by atoms with Crippen molar-refractivity contribution in [1.29, 1.82) is 0 Å². The maximum atomic E-state index is 11.3. The Bertz CT molecular complexity index is 612. The fraction of sp³-hybridized carbons (Fsp3) is 0.188. The number of benzene rings is 2. The van der Waals surface area contributed by atoms with E-state index < -0.39 is 0 Å². The van der Waals surface area contributed by atoms with E-state index in [4.69, 9.17) is 4.74 Å². The van der Waals surface area contributed by atoms with Gasteiger partial charge in [0.05, 0.1) is 0 Å². The van der Waals surface area contributed by atoms with Gasteiger partial charge in [-0.1, -0.05) is 36.9 Å². The predicted octanol–water partition coefficient (Wildman–Crippen LogP) is 3.77. The molecule has 0 atom stereocenters. The minimum Gasteiger partial charge on any atom is -0.457 e. The molecule has 0 bridgehead atoms. The maximum absolute atomic E-state index is 11.3. The minimum absolute atomic E-state index is 0.287. The summed E-state index contributed by atoms with van der Waals surface area (Å²) >= 11 is 0. The molecule has 2 rings (SSSR count). The lowest BCUT2D eigenvalue weighted by Crippen LogP contribution is -2.04. The van der Waals surface area contributed by atoms with Crippen LogP contribution in [0.15, 0.2) is 48.6 Å². The van der Waals surface area contributed by atoms with Gasteiger partial charge < -0.3 is 4.74 Å². The Kier molecular flexibility index (Phi) is 3.47. The van der Waals surface area contributed by atoms with Gasteiger partial charge in [0.2, 0.25) is 0 Å². The second-order valence-electron chi connectivity index (χ2n) is 4.49. The van der Waals surface area contributed by atoms with E-state index in [1.165, 1.54) is 16.3 Å². The van der Waals surface area contributed by atoms with Crippen molar-refractivity contribution < 1.29 is 9.53 Å². The number of carbonyl (C=O) groups excluding carboxylic acids is 1. The van der Waals surface area contributed by atoms with E-state index in [1.54, 1.807) is 6.92 Å². The maximum Gasteiger partial charge on any atom is 0.333 e. The van der Waals surface area contributed by atoms with E-state index in [0.29, 0.717) is 5.57 Å². The average molecular weight is 240 g/mol. The molecule has 0 saturated heterocycles. The van der Waals surface area contributed by atoms with Crippen molar-refractivity contribution >= 4 is 16.7 Å². The molecule has 0 aromatic heterocycles. The zero-order valence-corrected chi connectivity index (χ0v) is 10.7. The van der Waals surface area contributed by atoms with Crippen LogP contribution in [0.2, 0.25) is 0 Å². The van der Waals surface area contributed by atoms with Crippen molar-refractivity contribution in [3.8, 4) is 0 Å². The van der Waals surface area contributed by atoms with Crippen LogP contribution >= 0.6 is 0 Å². The van der Waals surface area contributed by atoms with Crippen LogP contribution in [0.25, 0.3) is 10.8 Å². The first kappa shape index (κ1) is 12.4. The van der Waals surface area contributed by atoms with E-state index in [0.717, 1.165) is 5.56 Å². The molecular weight excluding hydrogens is 224 g/mol. The van der Waals surface area contributed by atoms with Crippen LogP contribution in [0.5, 0.6) is 0 Å². The quantitative estimate of drug-likeness (QED) is 0.603. The summed E-state index contributed by atoms with van der Waals surface area (Å²) in [6.45, 7) is 7.57. The molecule has 18 heavy (non-hydrogen) atoms. The van der Waals surface area contributed by atoms with Crippen LogP contribution < -0.4 is 0 Å². The summed E-state index contributed by atoms with van der Waals surface area (Å²) in [6.07, 6.45) is 0. The molecule has 2 heteroatoms. The lowest BCUT2D eigenvalue weighted by atomic mass is 10.0. The topological polar surface area (TPSA) is 26.3 Å².